The Bertz CT molecular complexity index is 272. The molecule has 1 aliphatic heterocycles. The minimum Gasteiger partial charge on any atom is -0.368 e. The average molecular weight is 199 g/mol. The molecule has 4 nitrogen and oxygen atoms in total. The Morgan fingerprint density at radius 1 is 1.46 bits per heavy atom. The Labute approximate surface area is 81.3 Å². The maximum atomic E-state index is 5.57. The number of rotatable bonds is 4. The maximum absolute atomic E-state index is 5.57. The van der Waals surface area contributed by atoms with Crippen LogP contribution in [0.25, 0.3) is 0 Å². The summed E-state index contributed by atoms with van der Waals surface area (Å²) in [6, 6.07) is 0. The molecule has 0 aliphatic carbocycles. The zero-order valence-electron chi connectivity index (χ0n) is 7.62. The lowest BCUT2D eigenvalue weighted by Gasteiger charge is -2.26. The highest BCUT2D eigenvalue weighted by atomic mass is 32.1. The molecule has 0 spiro atoms. The normalized spacial score (nSPS) is 17.3. The smallest absolute Gasteiger partial charge is 0.143 e. The van der Waals surface area contributed by atoms with Crippen LogP contribution in [0.2, 0.25) is 0 Å². The van der Waals surface area contributed by atoms with Crippen LogP contribution >= 0.6 is 11.3 Å². The lowest BCUT2D eigenvalue weighted by Crippen LogP contribution is -2.48. The van der Waals surface area contributed by atoms with E-state index in [0.717, 1.165) is 29.5 Å². The monoisotopic (exact) mass is 199 g/mol. The second kappa shape index (κ2) is 4.13. The third kappa shape index (κ3) is 2.24. The van der Waals surface area contributed by atoms with E-state index < -0.39 is 0 Å². The lowest BCUT2D eigenvalue weighted by molar-refractivity contribution is 0.00729. The summed E-state index contributed by atoms with van der Waals surface area (Å²) in [5.41, 5.74) is 0. The van der Waals surface area contributed by atoms with Gasteiger partial charge in [0.25, 0.3) is 0 Å². The standard InChI is InChI=1S/C8H13N3OS/c1-2-7-10-11-8(13-7)5-12-6-3-9-4-6/h6,9H,2-5H2,1H3. The van der Waals surface area contributed by atoms with Crippen molar-refractivity contribution in [2.75, 3.05) is 13.1 Å². The van der Waals surface area contributed by atoms with Gasteiger partial charge in [0.15, 0.2) is 0 Å². The highest BCUT2D eigenvalue weighted by Crippen LogP contribution is 2.12. The van der Waals surface area contributed by atoms with Crippen LogP contribution in [0.4, 0.5) is 0 Å². The Morgan fingerprint density at radius 2 is 2.23 bits per heavy atom. The fourth-order valence-corrected chi connectivity index (χ4v) is 1.77. The van der Waals surface area contributed by atoms with Crippen LogP contribution in [0.3, 0.4) is 0 Å². The zero-order valence-corrected chi connectivity index (χ0v) is 8.43. The Kier molecular flexibility index (Phi) is 2.87. The van der Waals surface area contributed by atoms with Crippen molar-refractivity contribution in [3.8, 4) is 0 Å². The van der Waals surface area contributed by atoms with E-state index in [1.165, 1.54) is 0 Å². The van der Waals surface area contributed by atoms with Gasteiger partial charge in [-0.1, -0.05) is 18.3 Å². The Hall–Kier alpha value is -0.520. The summed E-state index contributed by atoms with van der Waals surface area (Å²) in [5, 5.41) is 13.3. The van der Waals surface area contributed by atoms with Gasteiger partial charge < -0.3 is 10.1 Å². The van der Waals surface area contributed by atoms with Crippen LogP contribution in [-0.4, -0.2) is 29.4 Å². The van der Waals surface area contributed by atoms with Gasteiger partial charge in [0.05, 0.1) is 6.10 Å². The summed E-state index contributed by atoms with van der Waals surface area (Å²) in [7, 11) is 0. The molecule has 2 heterocycles. The van der Waals surface area contributed by atoms with Gasteiger partial charge in [0.2, 0.25) is 0 Å². The number of aryl methyl sites for hydroxylation is 1. The summed E-state index contributed by atoms with van der Waals surface area (Å²) in [6.45, 7) is 4.64. The van der Waals surface area contributed by atoms with Crippen LogP contribution in [0.5, 0.6) is 0 Å². The predicted molar refractivity (Wildman–Crippen MR) is 50.7 cm³/mol. The first-order chi connectivity index (χ1) is 6.38. The van der Waals surface area contributed by atoms with Gasteiger partial charge in [-0.15, -0.1) is 10.2 Å². The number of ether oxygens (including phenoxy) is 1. The molecular formula is C8H13N3OS. The van der Waals surface area contributed by atoms with Gasteiger partial charge in [-0.2, -0.15) is 0 Å². The van der Waals surface area contributed by atoms with E-state index in [9.17, 15) is 0 Å². The lowest BCUT2D eigenvalue weighted by atomic mass is 10.2. The van der Waals surface area contributed by atoms with Gasteiger partial charge in [0, 0.05) is 13.1 Å². The summed E-state index contributed by atoms with van der Waals surface area (Å²) < 4.78 is 5.57. The van der Waals surface area contributed by atoms with Crippen molar-refractivity contribution in [3.05, 3.63) is 10.0 Å². The summed E-state index contributed by atoms with van der Waals surface area (Å²) in [5.74, 6) is 0. The van der Waals surface area contributed by atoms with Gasteiger partial charge >= 0.3 is 0 Å². The second-order valence-electron chi connectivity index (χ2n) is 3.03. The molecular weight excluding hydrogens is 186 g/mol. The van der Waals surface area contributed by atoms with Crippen LogP contribution in [0, 0.1) is 0 Å². The number of nitrogens with one attached hydrogen (secondary N) is 1. The molecule has 2 rings (SSSR count). The van der Waals surface area contributed by atoms with E-state index in [4.69, 9.17) is 4.74 Å². The first-order valence-electron chi connectivity index (χ1n) is 4.52. The molecule has 0 atom stereocenters. The first-order valence-corrected chi connectivity index (χ1v) is 5.33. The third-order valence-electron chi connectivity index (χ3n) is 2.00. The van der Waals surface area contributed by atoms with Crippen molar-refractivity contribution in [3.63, 3.8) is 0 Å². The molecule has 0 bridgehead atoms. The molecule has 0 amide bonds. The number of hydrogen-bond donors (Lipinski definition) is 1. The van der Waals surface area contributed by atoms with E-state index in [1.807, 2.05) is 0 Å². The van der Waals surface area contributed by atoms with Crippen LogP contribution < -0.4 is 5.32 Å². The largest absolute Gasteiger partial charge is 0.368 e. The van der Waals surface area contributed by atoms with Crippen molar-refractivity contribution < 1.29 is 4.74 Å². The molecule has 0 unspecified atom stereocenters. The molecule has 1 aliphatic rings. The number of hydrogen-bond acceptors (Lipinski definition) is 5. The average Bonchev–Trinajstić information content (AvgIpc) is 2.49. The van der Waals surface area contributed by atoms with Crippen LogP contribution in [0.1, 0.15) is 16.9 Å². The molecule has 1 fully saturated rings. The fraction of sp³-hybridized carbons (Fsp3) is 0.750. The van der Waals surface area contributed by atoms with Gasteiger partial charge in [-0.05, 0) is 6.42 Å². The Balaban J connectivity index is 1.79. The molecule has 1 aromatic heterocycles. The SMILES string of the molecule is CCc1nnc(COC2CNC2)s1. The topological polar surface area (TPSA) is 47.0 Å². The molecule has 0 saturated carbocycles. The van der Waals surface area contributed by atoms with Gasteiger partial charge in [0.1, 0.15) is 16.6 Å². The molecule has 0 aromatic carbocycles. The fourth-order valence-electron chi connectivity index (χ4n) is 1.06. The van der Waals surface area contributed by atoms with Crippen molar-refractivity contribution in [1.82, 2.24) is 15.5 Å². The third-order valence-corrected chi connectivity index (χ3v) is 3.04. The molecule has 72 valence electrons. The highest BCUT2D eigenvalue weighted by molar-refractivity contribution is 7.11. The molecule has 1 aromatic rings. The molecule has 0 radical (unpaired) electrons. The minimum atomic E-state index is 0.383. The van der Waals surface area contributed by atoms with E-state index in [1.54, 1.807) is 11.3 Å². The molecule has 1 N–H and O–H groups in total. The summed E-state index contributed by atoms with van der Waals surface area (Å²) in [4.78, 5) is 0. The van der Waals surface area contributed by atoms with Crippen LogP contribution in [-0.2, 0) is 17.8 Å². The van der Waals surface area contributed by atoms with Crippen molar-refractivity contribution in [2.24, 2.45) is 0 Å². The van der Waals surface area contributed by atoms with E-state index >= 15 is 0 Å². The van der Waals surface area contributed by atoms with Crippen LogP contribution in [0.15, 0.2) is 0 Å². The van der Waals surface area contributed by atoms with E-state index in [0.29, 0.717) is 12.7 Å². The molecule has 13 heavy (non-hydrogen) atoms. The summed E-state index contributed by atoms with van der Waals surface area (Å²) in [6.07, 6.45) is 1.34. The second-order valence-corrected chi connectivity index (χ2v) is 4.18. The number of aromatic nitrogens is 2. The Morgan fingerprint density at radius 3 is 2.77 bits per heavy atom. The van der Waals surface area contributed by atoms with Gasteiger partial charge in [-0.3, -0.25) is 0 Å². The van der Waals surface area contributed by atoms with E-state index in [2.05, 4.69) is 22.4 Å². The maximum Gasteiger partial charge on any atom is 0.143 e. The zero-order chi connectivity index (χ0) is 9.10. The quantitative estimate of drug-likeness (QED) is 0.771. The first kappa shape index (κ1) is 9.05. The van der Waals surface area contributed by atoms with Crippen molar-refractivity contribution in [1.29, 1.82) is 0 Å². The summed E-state index contributed by atoms with van der Waals surface area (Å²) >= 11 is 1.64. The number of nitrogens with zero attached hydrogens (tertiary/aromatic N) is 2. The van der Waals surface area contributed by atoms with Gasteiger partial charge in [-0.25, -0.2) is 0 Å². The van der Waals surface area contributed by atoms with Crippen molar-refractivity contribution in [2.45, 2.75) is 26.1 Å². The van der Waals surface area contributed by atoms with E-state index in [-0.39, 0.29) is 0 Å². The highest BCUT2D eigenvalue weighted by Gasteiger charge is 2.17. The predicted octanol–water partition coefficient (Wildman–Crippen LogP) is 0.589. The minimum absolute atomic E-state index is 0.383. The van der Waals surface area contributed by atoms with Crippen molar-refractivity contribution >= 4 is 11.3 Å². The molecule has 5 heteroatoms. The molecule has 1 saturated heterocycles.